The molecule has 0 atom stereocenters. The van der Waals surface area contributed by atoms with Crippen LogP contribution in [0.3, 0.4) is 0 Å². The maximum Gasteiger partial charge on any atom is 0.139 e. The maximum absolute atomic E-state index is 5.99. The van der Waals surface area contributed by atoms with E-state index in [2.05, 4.69) is 0 Å². The average molecular weight is 312 g/mol. The van der Waals surface area contributed by atoms with Gasteiger partial charge in [0.05, 0.1) is 5.02 Å². The minimum absolute atomic E-state index is 0.382. The van der Waals surface area contributed by atoms with Crippen LogP contribution < -0.4 is 15.2 Å². The van der Waals surface area contributed by atoms with Crippen LogP contribution in [0.4, 0.5) is 0 Å². The smallest absolute Gasteiger partial charge is 0.139 e. The first-order chi connectivity index (χ1) is 9.69. The van der Waals surface area contributed by atoms with Gasteiger partial charge >= 0.3 is 0 Å². The van der Waals surface area contributed by atoms with Gasteiger partial charge in [0.1, 0.15) is 24.7 Å². The summed E-state index contributed by atoms with van der Waals surface area (Å²) in [6, 6.07) is 12.7. The van der Waals surface area contributed by atoms with Gasteiger partial charge in [-0.05, 0) is 29.8 Å². The summed E-state index contributed by atoms with van der Waals surface area (Å²) in [5.74, 6) is 1.33. The summed E-state index contributed by atoms with van der Waals surface area (Å²) in [6.07, 6.45) is 0. The summed E-state index contributed by atoms with van der Waals surface area (Å²) < 4.78 is 11.1. The normalized spacial score (nSPS) is 10.3. The number of rotatable bonds is 6. The van der Waals surface area contributed by atoms with E-state index in [1.807, 2.05) is 24.3 Å². The van der Waals surface area contributed by atoms with Crippen molar-refractivity contribution in [2.45, 2.75) is 6.54 Å². The van der Waals surface area contributed by atoms with Crippen LogP contribution in [0, 0.1) is 0 Å². The van der Waals surface area contributed by atoms with Crippen LogP contribution in [0.1, 0.15) is 5.56 Å². The molecule has 0 unspecified atom stereocenters. The first-order valence-electron chi connectivity index (χ1n) is 6.18. The summed E-state index contributed by atoms with van der Waals surface area (Å²) in [7, 11) is 0. The van der Waals surface area contributed by atoms with Crippen molar-refractivity contribution < 1.29 is 9.47 Å². The topological polar surface area (TPSA) is 44.5 Å². The van der Waals surface area contributed by atoms with Crippen LogP contribution in [-0.2, 0) is 6.54 Å². The van der Waals surface area contributed by atoms with Crippen molar-refractivity contribution in [1.29, 1.82) is 0 Å². The molecule has 2 rings (SSSR count). The quantitative estimate of drug-likeness (QED) is 0.823. The highest BCUT2D eigenvalue weighted by molar-refractivity contribution is 6.34. The molecule has 2 aromatic rings. The van der Waals surface area contributed by atoms with E-state index in [1.165, 1.54) is 0 Å². The summed E-state index contributed by atoms with van der Waals surface area (Å²) in [5.41, 5.74) is 6.60. The highest BCUT2D eigenvalue weighted by atomic mass is 35.5. The van der Waals surface area contributed by atoms with Gasteiger partial charge in [-0.25, -0.2) is 0 Å². The Morgan fingerprint density at radius 3 is 2.55 bits per heavy atom. The zero-order chi connectivity index (χ0) is 14.4. The van der Waals surface area contributed by atoms with Crippen molar-refractivity contribution in [3.8, 4) is 11.5 Å². The lowest BCUT2D eigenvalue weighted by molar-refractivity contribution is 0.217. The van der Waals surface area contributed by atoms with E-state index >= 15 is 0 Å². The molecule has 0 aliphatic heterocycles. The van der Waals surface area contributed by atoms with E-state index < -0.39 is 0 Å². The molecule has 106 valence electrons. The van der Waals surface area contributed by atoms with Crippen LogP contribution >= 0.6 is 23.2 Å². The molecule has 0 aromatic heterocycles. The Kier molecular flexibility index (Phi) is 5.53. The molecule has 2 aromatic carbocycles. The van der Waals surface area contributed by atoms with E-state index in [0.717, 1.165) is 11.3 Å². The monoisotopic (exact) mass is 311 g/mol. The second-order valence-electron chi connectivity index (χ2n) is 4.12. The molecule has 0 fully saturated rings. The molecule has 2 N–H and O–H groups in total. The highest BCUT2D eigenvalue weighted by Crippen LogP contribution is 2.27. The average Bonchev–Trinajstić information content (AvgIpc) is 2.47. The van der Waals surface area contributed by atoms with Crippen molar-refractivity contribution in [3.05, 3.63) is 58.1 Å². The minimum Gasteiger partial charge on any atom is -0.490 e. The van der Waals surface area contributed by atoms with Crippen molar-refractivity contribution >= 4 is 23.2 Å². The number of ether oxygens (including phenoxy) is 2. The van der Waals surface area contributed by atoms with E-state index in [9.17, 15) is 0 Å². The predicted octanol–water partition coefficient (Wildman–Crippen LogP) is 3.91. The van der Waals surface area contributed by atoms with Crippen molar-refractivity contribution in [2.24, 2.45) is 5.73 Å². The fraction of sp³-hybridized carbons (Fsp3) is 0.200. The van der Waals surface area contributed by atoms with E-state index in [1.54, 1.807) is 18.2 Å². The van der Waals surface area contributed by atoms with Crippen molar-refractivity contribution in [2.75, 3.05) is 13.2 Å². The molecule has 0 aliphatic rings. The van der Waals surface area contributed by atoms with E-state index in [0.29, 0.717) is 35.6 Å². The van der Waals surface area contributed by atoms with Crippen molar-refractivity contribution in [3.63, 3.8) is 0 Å². The first kappa shape index (κ1) is 15.0. The third kappa shape index (κ3) is 4.30. The first-order valence-corrected chi connectivity index (χ1v) is 6.94. The minimum atomic E-state index is 0.382. The Bertz CT molecular complexity index is 576. The van der Waals surface area contributed by atoms with Gasteiger partial charge < -0.3 is 15.2 Å². The van der Waals surface area contributed by atoms with Gasteiger partial charge in [0.15, 0.2) is 0 Å². The van der Waals surface area contributed by atoms with E-state index in [-0.39, 0.29) is 0 Å². The molecule has 5 heteroatoms. The molecule has 0 saturated carbocycles. The highest BCUT2D eigenvalue weighted by Gasteiger charge is 2.02. The molecule has 0 aliphatic carbocycles. The molecule has 0 bridgehead atoms. The third-order valence-corrected chi connectivity index (χ3v) is 3.18. The van der Waals surface area contributed by atoms with Gasteiger partial charge in [-0.2, -0.15) is 0 Å². The van der Waals surface area contributed by atoms with Gasteiger partial charge in [-0.3, -0.25) is 0 Å². The number of benzene rings is 2. The van der Waals surface area contributed by atoms with Gasteiger partial charge in [0, 0.05) is 17.6 Å². The third-order valence-electron chi connectivity index (χ3n) is 2.64. The zero-order valence-corrected chi connectivity index (χ0v) is 12.3. The summed E-state index contributed by atoms with van der Waals surface area (Å²) in [5, 5.41) is 1.11. The fourth-order valence-corrected chi connectivity index (χ4v) is 2.00. The molecule has 20 heavy (non-hydrogen) atoms. The molecule has 0 spiro atoms. The number of hydrogen-bond acceptors (Lipinski definition) is 3. The largest absolute Gasteiger partial charge is 0.490 e. The van der Waals surface area contributed by atoms with Gasteiger partial charge in [0.25, 0.3) is 0 Å². The summed E-state index contributed by atoms with van der Waals surface area (Å²) in [4.78, 5) is 0. The summed E-state index contributed by atoms with van der Waals surface area (Å²) >= 11 is 11.9. The molecular formula is C15H15Cl2NO2. The molecule has 0 heterocycles. The fourth-order valence-electron chi connectivity index (χ4n) is 1.66. The number of halogens is 2. The van der Waals surface area contributed by atoms with Crippen LogP contribution in [0.2, 0.25) is 10.0 Å². The Labute approximate surface area is 128 Å². The lowest BCUT2D eigenvalue weighted by atomic mass is 10.2. The standard InChI is InChI=1S/C15H15Cl2NO2/c16-12-4-5-14(17)15(9-12)20-7-6-19-13-3-1-2-11(8-13)10-18/h1-5,8-9H,6-7,10,18H2. The Morgan fingerprint density at radius 2 is 1.75 bits per heavy atom. The Hall–Kier alpha value is -1.42. The lowest BCUT2D eigenvalue weighted by Gasteiger charge is -2.10. The molecule has 0 radical (unpaired) electrons. The second kappa shape index (κ2) is 7.39. The number of nitrogens with two attached hydrogens (primary N) is 1. The zero-order valence-electron chi connectivity index (χ0n) is 10.8. The van der Waals surface area contributed by atoms with Crippen LogP contribution in [0.15, 0.2) is 42.5 Å². The Balaban J connectivity index is 1.82. The molecule has 3 nitrogen and oxygen atoms in total. The van der Waals surface area contributed by atoms with Gasteiger partial charge in [-0.15, -0.1) is 0 Å². The van der Waals surface area contributed by atoms with Crippen LogP contribution in [0.25, 0.3) is 0 Å². The lowest BCUT2D eigenvalue weighted by Crippen LogP contribution is -2.09. The van der Waals surface area contributed by atoms with Crippen molar-refractivity contribution in [1.82, 2.24) is 0 Å². The van der Waals surface area contributed by atoms with Crippen LogP contribution in [0.5, 0.6) is 11.5 Å². The SMILES string of the molecule is NCc1cccc(OCCOc2cc(Cl)ccc2Cl)c1. The molecule has 0 amide bonds. The van der Waals surface area contributed by atoms with E-state index in [4.69, 9.17) is 38.4 Å². The van der Waals surface area contributed by atoms with Crippen LogP contribution in [-0.4, -0.2) is 13.2 Å². The predicted molar refractivity (Wildman–Crippen MR) is 81.8 cm³/mol. The maximum atomic E-state index is 5.99. The van der Waals surface area contributed by atoms with Gasteiger partial charge in [-0.1, -0.05) is 35.3 Å². The molecular weight excluding hydrogens is 297 g/mol. The van der Waals surface area contributed by atoms with Gasteiger partial charge in [0.2, 0.25) is 0 Å². The summed E-state index contributed by atoms with van der Waals surface area (Å²) in [6.45, 7) is 1.29. The number of hydrogen-bond donors (Lipinski definition) is 1. The second-order valence-corrected chi connectivity index (χ2v) is 4.97. The Morgan fingerprint density at radius 1 is 0.950 bits per heavy atom. The molecule has 0 saturated heterocycles.